The number of nitrogens with zero attached hydrogens (tertiary/aromatic N) is 3. The first-order chi connectivity index (χ1) is 13.6. The lowest BCUT2D eigenvalue weighted by atomic mass is 10.0. The Kier molecular flexibility index (Phi) is 5.52. The fourth-order valence-corrected chi connectivity index (χ4v) is 4.83. The van der Waals surface area contributed by atoms with Crippen molar-refractivity contribution < 1.29 is 14.4 Å². The van der Waals surface area contributed by atoms with Crippen molar-refractivity contribution in [2.75, 3.05) is 13.7 Å². The lowest BCUT2D eigenvalue weighted by Gasteiger charge is -2.30. The summed E-state index contributed by atoms with van der Waals surface area (Å²) in [5, 5.41) is 6.94. The Morgan fingerprint density at radius 2 is 2.00 bits per heavy atom. The summed E-state index contributed by atoms with van der Waals surface area (Å²) in [7, 11) is 3.60. The van der Waals surface area contributed by atoms with E-state index in [1.165, 1.54) is 15.3 Å². The SMILES string of the molecule is COc1ccc(OCc2nn(C[NH+]3CCc4sccc4[C@@H]3C)c(=S)n2C)cc1. The molecular weight excluding hydrogens is 392 g/mol. The topological polar surface area (TPSA) is 45.6 Å². The Bertz CT molecular complexity index is 1010. The van der Waals surface area contributed by atoms with E-state index < -0.39 is 0 Å². The largest absolute Gasteiger partial charge is 0.497 e. The molecule has 1 unspecified atom stereocenters. The summed E-state index contributed by atoms with van der Waals surface area (Å²) in [5.74, 6) is 2.41. The van der Waals surface area contributed by atoms with Crippen molar-refractivity contribution in [3.05, 3.63) is 56.7 Å². The van der Waals surface area contributed by atoms with Gasteiger partial charge in [0.15, 0.2) is 12.5 Å². The van der Waals surface area contributed by atoms with E-state index in [4.69, 9.17) is 26.8 Å². The first-order valence-corrected chi connectivity index (χ1v) is 10.7. The molecule has 148 valence electrons. The van der Waals surface area contributed by atoms with Gasteiger partial charge in [-0.15, -0.1) is 16.4 Å². The van der Waals surface area contributed by atoms with Crippen molar-refractivity contribution in [1.29, 1.82) is 0 Å². The molecule has 2 atom stereocenters. The van der Waals surface area contributed by atoms with Gasteiger partial charge in [0, 0.05) is 23.9 Å². The Labute approximate surface area is 173 Å². The minimum absolute atomic E-state index is 0.374. The lowest BCUT2D eigenvalue weighted by molar-refractivity contribution is -0.954. The zero-order valence-corrected chi connectivity index (χ0v) is 18.0. The number of aromatic nitrogens is 3. The first-order valence-electron chi connectivity index (χ1n) is 9.37. The highest BCUT2D eigenvalue weighted by atomic mass is 32.1. The van der Waals surface area contributed by atoms with Gasteiger partial charge in [0.25, 0.3) is 0 Å². The van der Waals surface area contributed by atoms with E-state index in [0.29, 0.717) is 12.6 Å². The number of ether oxygens (including phenoxy) is 2. The van der Waals surface area contributed by atoms with Crippen LogP contribution in [0, 0.1) is 4.77 Å². The third-order valence-corrected chi connectivity index (χ3v) is 6.92. The van der Waals surface area contributed by atoms with Crippen molar-refractivity contribution in [2.45, 2.75) is 32.7 Å². The zero-order chi connectivity index (χ0) is 19.7. The van der Waals surface area contributed by atoms with Crippen LogP contribution < -0.4 is 14.4 Å². The fraction of sp³-hybridized carbons (Fsp3) is 0.400. The normalized spacial score (nSPS) is 18.7. The van der Waals surface area contributed by atoms with Gasteiger partial charge in [0.05, 0.1) is 13.7 Å². The average Bonchev–Trinajstić information content (AvgIpc) is 3.30. The number of methoxy groups -OCH3 is 1. The van der Waals surface area contributed by atoms with Crippen LogP contribution in [0.4, 0.5) is 0 Å². The second kappa shape index (κ2) is 8.06. The highest BCUT2D eigenvalue weighted by Gasteiger charge is 2.29. The number of rotatable bonds is 6. The van der Waals surface area contributed by atoms with E-state index in [2.05, 4.69) is 18.4 Å². The van der Waals surface area contributed by atoms with Crippen molar-refractivity contribution in [1.82, 2.24) is 14.3 Å². The van der Waals surface area contributed by atoms with Gasteiger partial charge in [-0.05, 0) is 54.9 Å². The van der Waals surface area contributed by atoms with Crippen LogP contribution >= 0.6 is 23.6 Å². The molecule has 3 aromatic rings. The third-order valence-electron chi connectivity index (χ3n) is 5.44. The molecule has 0 bridgehead atoms. The van der Waals surface area contributed by atoms with Gasteiger partial charge in [0.1, 0.15) is 24.1 Å². The van der Waals surface area contributed by atoms with E-state index in [1.807, 2.05) is 51.9 Å². The van der Waals surface area contributed by atoms with Crippen LogP contribution in [0.3, 0.4) is 0 Å². The van der Waals surface area contributed by atoms with Crippen LogP contribution in [0.15, 0.2) is 35.7 Å². The molecule has 28 heavy (non-hydrogen) atoms. The summed E-state index contributed by atoms with van der Waals surface area (Å²) in [6.07, 6.45) is 1.13. The van der Waals surface area contributed by atoms with E-state index in [9.17, 15) is 0 Å². The second-order valence-electron chi connectivity index (χ2n) is 7.06. The smallest absolute Gasteiger partial charge is 0.202 e. The van der Waals surface area contributed by atoms with Crippen LogP contribution in [0.2, 0.25) is 0 Å². The quantitative estimate of drug-likeness (QED) is 0.627. The molecule has 3 heterocycles. The van der Waals surface area contributed by atoms with E-state index in [1.54, 1.807) is 7.11 Å². The Morgan fingerprint density at radius 1 is 1.25 bits per heavy atom. The minimum atomic E-state index is 0.374. The van der Waals surface area contributed by atoms with Crippen LogP contribution in [0.25, 0.3) is 0 Å². The van der Waals surface area contributed by atoms with Gasteiger partial charge in [0.2, 0.25) is 4.77 Å². The molecule has 1 aliphatic rings. The lowest BCUT2D eigenvalue weighted by Crippen LogP contribution is -3.12. The zero-order valence-electron chi connectivity index (χ0n) is 16.3. The molecule has 1 N–H and O–H groups in total. The van der Waals surface area contributed by atoms with Crippen molar-refractivity contribution in [3.8, 4) is 11.5 Å². The maximum atomic E-state index is 5.88. The molecule has 8 heteroatoms. The number of thiophene rings is 1. The van der Waals surface area contributed by atoms with Crippen LogP contribution in [0.5, 0.6) is 11.5 Å². The summed E-state index contributed by atoms with van der Waals surface area (Å²) in [6, 6.07) is 10.3. The summed E-state index contributed by atoms with van der Waals surface area (Å²) in [5.41, 5.74) is 1.47. The Hall–Kier alpha value is -2.16. The number of fused-ring (bicyclic) bond motifs is 1. The summed E-state index contributed by atoms with van der Waals surface area (Å²) >= 11 is 7.50. The standard InChI is InChI=1S/C20H24N4O2S2/c1-14-17-9-11-28-18(17)8-10-23(14)13-24-20(27)22(2)19(21-24)12-26-16-6-4-15(25-3)5-7-16/h4-7,9,11,14H,8,10,12-13H2,1-3H3/p+1/t14-/m0/s1. The molecule has 1 aliphatic heterocycles. The molecule has 0 fully saturated rings. The predicted octanol–water partition coefficient (Wildman–Crippen LogP) is 2.76. The van der Waals surface area contributed by atoms with Gasteiger partial charge in [-0.1, -0.05) is 0 Å². The molecule has 0 spiro atoms. The minimum Gasteiger partial charge on any atom is -0.497 e. The first kappa shape index (κ1) is 19.2. The van der Waals surface area contributed by atoms with Gasteiger partial charge in [-0.3, -0.25) is 0 Å². The molecule has 0 saturated carbocycles. The summed E-state index contributed by atoms with van der Waals surface area (Å²) in [4.78, 5) is 3.01. The van der Waals surface area contributed by atoms with Gasteiger partial charge in [-0.2, -0.15) is 4.68 Å². The monoisotopic (exact) mass is 417 g/mol. The Balaban J connectivity index is 1.45. The number of hydrogen-bond acceptors (Lipinski definition) is 5. The number of benzene rings is 1. The molecule has 0 amide bonds. The van der Waals surface area contributed by atoms with Crippen LogP contribution in [-0.2, 0) is 26.7 Å². The third kappa shape index (κ3) is 3.72. The molecule has 6 nitrogen and oxygen atoms in total. The maximum absolute atomic E-state index is 5.88. The highest BCUT2D eigenvalue weighted by Crippen LogP contribution is 2.24. The molecular formula is C20H25N4O2S2+. The number of hydrogen-bond donors (Lipinski definition) is 1. The molecule has 1 aromatic carbocycles. The van der Waals surface area contributed by atoms with E-state index in [0.717, 1.165) is 41.7 Å². The number of quaternary nitrogens is 1. The average molecular weight is 418 g/mol. The predicted molar refractivity (Wildman–Crippen MR) is 112 cm³/mol. The highest BCUT2D eigenvalue weighted by molar-refractivity contribution is 7.71. The molecule has 2 aromatic heterocycles. The number of nitrogens with one attached hydrogen (secondary N) is 1. The van der Waals surface area contributed by atoms with Gasteiger partial charge < -0.3 is 18.9 Å². The maximum Gasteiger partial charge on any atom is 0.202 e. The second-order valence-corrected chi connectivity index (χ2v) is 8.42. The van der Waals surface area contributed by atoms with Crippen molar-refractivity contribution >= 4 is 23.6 Å². The van der Waals surface area contributed by atoms with E-state index in [-0.39, 0.29) is 0 Å². The summed E-state index contributed by atoms with van der Waals surface area (Å²) in [6.45, 7) is 4.54. The fourth-order valence-electron chi connectivity index (χ4n) is 3.64. The van der Waals surface area contributed by atoms with Crippen molar-refractivity contribution in [2.24, 2.45) is 7.05 Å². The van der Waals surface area contributed by atoms with Crippen LogP contribution in [0.1, 0.15) is 29.2 Å². The molecule has 0 saturated heterocycles. The van der Waals surface area contributed by atoms with E-state index >= 15 is 0 Å². The van der Waals surface area contributed by atoms with Crippen LogP contribution in [-0.4, -0.2) is 28.0 Å². The van der Waals surface area contributed by atoms with Crippen molar-refractivity contribution in [3.63, 3.8) is 0 Å². The van der Waals surface area contributed by atoms with Gasteiger partial charge in [-0.25, -0.2) is 0 Å². The summed E-state index contributed by atoms with van der Waals surface area (Å²) < 4.78 is 15.7. The Morgan fingerprint density at radius 3 is 2.75 bits per heavy atom. The molecule has 4 rings (SSSR count). The molecule has 0 aliphatic carbocycles. The molecule has 0 radical (unpaired) electrons. The van der Waals surface area contributed by atoms with Gasteiger partial charge >= 0.3 is 0 Å².